The van der Waals surface area contributed by atoms with Gasteiger partial charge in [0.25, 0.3) is 5.91 Å². The lowest BCUT2D eigenvalue weighted by Gasteiger charge is -2.34. The average Bonchev–Trinajstić information content (AvgIpc) is 2.73. The van der Waals surface area contributed by atoms with E-state index >= 15 is 0 Å². The number of benzene rings is 1. The van der Waals surface area contributed by atoms with Gasteiger partial charge in [-0.2, -0.15) is 0 Å². The first kappa shape index (κ1) is 18.9. The summed E-state index contributed by atoms with van der Waals surface area (Å²) < 4.78 is 11.4. The molecule has 1 aliphatic rings. The van der Waals surface area contributed by atoms with E-state index in [1.165, 1.54) is 0 Å². The van der Waals surface area contributed by atoms with E-state index in [0.717, 1.165) is 6.42 Å². The van der Waals surface area contributed by atoms with Crippen molar-refractivity contribution < 1.29 is 14.3 Å². The minimum atomic E-state index is 0.00613. The minimum absolute atomic E-state index is 0.00613. The van der Waals surface area contributed by atoms with Crippen molar-refractivity contribution in [2.24, 2.45) is 0 Å². The maximum Gasteiger partial charge on any atom is 0.254 e. The first-order valence-electron chi connectivity index (χ1n) is 9.43. The molecule has 0 saturated carbocycles. The van der Waals surface area contributed by atoms with E-state index in [2.05, 4.69) is 21.8 Å². The monoisotopic (exact) mass is 370 g/mol. The summed E-state index contributed by atoms with van der Waals surface area (Å²) in [5.74, 6) is 2.02. The van der Waals surface area contributed by atoms with Crippen LogP contribution in [0.1, 0.15) is 30.6 Å². The van der Waals surface area contributed by atoms with Gasteiger partial charge in [0.05, 0.1) is 13.2 Å². The number of rotatable bonds is 7. The average molecular weight is 370 g/mol. The highest BCUT2D eigenvalue weighted by molar-refractivity contribution is 5.95. The maximum absolute atomic E-state index is 12.9. The first-order chi connectivity index (χ1) is 13.2. The molecule has 7 heteroatoms. The number of hydrogen-bond acceptors (Lipinski definition) is 6. The number of hydrogen-bond donors (Lipinski definition) is 0. The molecule has 7 nitrogen and oxygen atoms in total. The van der Waals surface area contributed by atoms with Crippen LogP contribution in [0.3, 0.4) is 0 Å². The van der Waals surface area contributed by atoms with Crippen LogP contribution in [0.4, 0.5) is 5.95 Å². The van der Waals surface area contributed by atoms with Gasteiger partial charge in [-0.05, 0) is 37.6 Å². The van der Waals surface area contributed by atoms with E-state index in [1.807, 2.05) is 24.0 Å². The first-order valence-corrected chi connectivity index (χ1v) is 9.43. The zero-order chi connectivity index (χ0) is 19.1. The van der Waals surface area contributed by atoms with Gasteiger partial charge in [0.15, 0.2) is 11.5 Å². The Kier molecular flexibility index (Phi) is 6.46. The number of piperazine rings is 1. The van der Waals surface area contributed by atoms with Crippen molar-refractivity contribution in [2.75, 3.05) is 44.3 Å². The summed E-state index contributed by atoms with van der Waals surface area (Å²) in [6, 6.07) is 7.21. The lowest BCUT2D eigenvalue weighted by atomic mass is 10.1. The summed E-state index contributed by atoms with van der Waals surface area (Å²) in [5.41, 5.74) is 0.617. The molecule has 3 rings (SSSR count). The number of carbonyl (C=O) groups is 1. The quantitative estimate of drug-likeness (QED) is 0.746. The lowest BCUT2D eigenvalue weighted by Crippen LogP contribution is -2.49. The van der Waals surface area contributed by atoms with Crippen molar-refractivity contribution in [3.05, 3.63) is 42.2 Å². The third kappa shape index (κ3) is 4.67. The Morgan fingerprint density at radius 1 is 1.04 bits per heavy atom. The number of ether oxygens (including phenoxy) is 2. The zero-order valence-corrected chi connectivity index (χ0v) is 15.9. The normalized spacial score (nSPS) is 14.1. The van der Waals surface area contributed by atoms with Gasteiger partial charge in [-0.3, -0.25) is 4.79 Å². The van der Waals surface area contributed by atoms with Gasteiger partial charge in [-0.15, -0.1) is 0 Å². The molecule has 0 aliphatic carbocycles. The maximum atomic E-state index is 12.9. The molecule has 1 amide bonds. The summed E-state index contributed by atoms with van der Waals surface area (Å²) in [7, 11) is 0. The molecular formula is C20H26N4O3. The third-order valence-corrected chi connectivity index (χ3v) is 4.35. The Morgan fingerprint density at radius 2 is 1.78 bits per heavy atom. The molecule has 2 aromatic rings. The van der Waals surface area contributed by atoms with Crippen LogP contribution >= 0.6 is 0 Å². The van der Waals surface area contributed by atoms with Crippen molar-refractivity contribution in [2.45, 2.75) is 20.3 Å². The lowest BCUT2D eigenvalue weighted by molar-refractivity contribution is 0.0745. The van der Waals surface area contributed by atoms with Gasteiger partial charge < -0.3 is 19.3 Å². The second-order valence-corrected chi connectivity index (χ2v) is 6.27. The van der Waals surface area contributed by atoms with Gasteiger partial charge in [0.1, 0.15) is 0 Å². The summed E-state index contributed by atoms with van der Waals surface area (Å²) in [5, 5.41) is 0. The van der Waals surface area contributed by atoms with E-state index in [0.29, 0.717) is 62.4 Å². The number of amides is 1. The van der Waals surface area contributed by atoms with Crippen molar-refractivity contribution in [1.29, 1.82) is 0 Å². The Hall–Kier alpha value is -2.83. The summed E-state index contributed by atoms with van der Waals surface area (Å²) in [6.45, 7) is 7.82. The SMILES string of the molecule is CCCOc1ccc(C(=O)N2CCN(c3ncccn3)CC2)cc1OCC. The standard InChI is InChI=1S/C20H26N4O3/c1-3-14-27-17-7-6-16(15-18(17)26-4-2)19(25)23-10-12-24(13-11-23)20-21-8-5-9-22-20/h5-9,15H,3-4,10-14H2,1-2H3. The van der Waals surface area contributed by atoms with Crippen LogP contribution in [0.5, 0.6) is 11.5 Å². The fraction of sp³-hybridized carbons (Fsp3) is 0.450. The molecule has 0 radical (unpaired) electrons. The van der Waals surface area contributed by atoms with Crippen LogP contribution in [-0.4, -0.2) is 60.2 Å². The van der Waals surface area contributed by atoms with E-state index in [9.17, 15) is 4.79 Å². The van der Waals surface area contributed by atoms with Crippen molar-refractivity contribution in [1.82, 2.24) is 14.9 Å². The van der Waals surface area contributed by atoms with Crippen molar-refractivity contribution in [3.8, 4) is 11.5 Å². The molecular weight excluding hydrogens is 344 g/mol. The van der Waals surface area contributed by atoms with Crippen LogP contribution in [0, 0.1) is 0 Å². The topological polar surface area (TPSA) is 67.8 Å². The van der Waals surface area contributed by atoms with Crippen LogP contribution < -0.4 is 14.4 Å². The molecule has 1 aromatic heterocycles. The summed E-state index contributed by atoms with van der Waals surface area (Å²) in [6.07, 6.45) is 4.39. The molecule has 1 fully saturated rings. The molecule has 27 heavy (non-hydrogen) atoms. The van der Waals surface area contributed by atoms with Crippen molar-refractivity contribution in [3.63, 3.8) is 0 Å². The molecule has 0 N–H and O–H groups in total. The predicted octanol–water partition coefficient (Wildman–Crippen LogP) is 2.63. The largest absolute Gasteiger partial charge is 0.490 e. The molecule has 1 aliphatic heterocycles. The number of carbonyl (C=O) groups excluding carboxylic acids is 1. The Bertz CT molecular complexity index is 746. The van der Waals surface area contributed by atoms with E-state index in [4.69, 9.17) is 9.47 Å². The molecule has 2 heterocycles. The fourth-order valence-electron chi connectivity index (χ4n) is 2.99. The zero-order valence-electron chi connectivity index (χ0n) is 15.9. The minimum Gasteiger partial charge on any atom is -0.490 e. The molecule has 144 valence electrons. The Balaban J connectivity index is 1.66. The Morgan fingerprint density at radius 3 is 2.44 bits per heavy atom. The highest BCUT2D eigenvalue weighted by Gasteiger charge is 2.24. The molecule has 0 atom stereocenters. The molecule has 0 spiro atoms. The molecule has 1 aromatic carbocycles. The second kappa shape index (κ2) is 9.21. The second-order valence-electron chi connectivity index (χ2n) is 6.27. The molecule has 1 saturated heterocycles. The van der Waals surface area contributed by atoms with Gasteiger partial charge in [0, 0.05) is 44.1 Å². The highest BCUT2D eigenvalue weighted by atomic mass is 16.5. The number of nitrogens with zero attached hydrogens (tertiary/aromatic N) is 4. The third-order valence-electron chi connectivity index (χ3n) is 4.35. The van der Waals surface area contributed by atoms with Crippen LogP contribution in [-0.2, 0) is 0 Å². The van der Waals surface area contributed by atoms with Crippen LogP contribution in [0.15, 0.2) is 36.7 Å². The van der Waals surface area contributed by atoms with Gasteiger partial charge in [-0.1, -0.05) is 6.92 Å². The smallest absolute Gasteiger partial charge is 0.254 e. The van der Waals surface area contributed by atoms with Crippen LogP contribution in [0.25, 0.3) is 0 Å². The highest BCUT2D eigenvalue weighted by Crippen LogP contribution is 2.29. The summed E-state index contributed by atoms with van der Waals surface area (Å²) in [4.78, 5) is 25.4. The van der Waals surface area contributed by atoms with E-state index in [1.54, 1.807) is 24.5 Å². The predicted molar refractivity (Wildman–Crippen MR) is 104 cm³/mol. The van der Waals surface area contributed by atoms with Gasteiger partial charge in [0.2, 0.25) is 5.95 Å². The van der Waals surface area contributed by atoms with Crippen molar-refractivity contribution >= 4 is 11.9 Å². The fourth-order valence-corrected chi connectivity index (χ4v) is 2.99. The van der Waals surface area contributed by atoms with Gasteiger partial charge in [-0.25, -0.2) is 9.97 Å². The van der Waals surface area contributed by atoms with Gasteiger partial charge >= 0.3 is 0 Å². The number of anilines is 1. The Labute approximate surface area is 159 Å². The molecule has 0 unspecified atom stereocenters. The number of aromatic nitrogens is 2. The van der Waals surface area contributed by atoms with E-state index in [-0.39, 0.29) is 5.91 Å². The van der Waals surface area contributed by atoms with Crippen LogP contribution in [0.2, 0.25) is 0 Å². The summed E-state index contributed by atoms with van der Waals surface area (Å²) >= 11 is 0. The van der Waals surface area contributed by atoms with E-state index < -0.39 is 0 Å². The molecule has 0 bridgehead atoms.